The van der Waals surface area contributed by atoms with Gasteiger partial charge in [-0.05, 0) is 5.56 Å². The van der Waals surface area contributed by atoms with Crippen LogP contribution in [0.3, 0.4) is 0 Å². The molecule has 0 aromatic heterocycles. The van der Waals surface area contributed by atoms with Gasteiger partial charge in [0.25, 0.3) is 0 Å². The second-order valence-electron chi connectivity index (χ2n) is 2.97. The minimum absolute atomic E-state index is 0.0336. The molecule has 0 unspecified atom stereocenters. The average Bonchev–Trinajstić information content (AvgIpc) is 2.49. The lowest BCUT2D eigenvalue weighted by Crippen LogP contribution is -2.19. The van der Waals surface area contributed by atoms with Crippen molar-refractivity contribution in [2.45, 2.75) is 6.04 Å². The van der Waals surface area contributed by atoms with E-state index in [1.165, 1.54) is 4.90 Å². The third-order valence-electron chi connectivity index (χ3n) is 2.16. The number of amides is 1. The third-order valence-corrected chi connectivity index (χ3v) is 2.16. The van der Waals surface area contributed by atoms with E-state index >= 15 is 0 Å². The predicted octanol–water partition coefficient (Wildman–Crippen LogP) is 1.97. The van der Waals surface area contributed by atoms with Gasteiger partial charge in [-0.15, -0.1) is 0 Å². The van der Waals surface area contributed by atoms with Gasteiger partial charge in [-0.2, -0.15) is 0 Å². The number of rotatable bonds is 1. The Morgan fingerprint density at radius 2 is 2.08 bits per heavy atom. The Hall–Kier alpha value is -1.51. The molecule has 1 fully saturated rings. The lowest BCUT2D eigenvalue weighted by atomic mass is 10.1. The van der Waals surface area contributed by atoms with Crippen molar-refractivity contribution in [3.05, 3.63) is 42.9 Å². The van der Waals surface area contributed by atoms with Crippen LogP contribution in [0.1, 0.15) is 11.6 Å². The van der Waals surface area contributed by atoms with Crippen molar-refractivity contribution in [1.82, 2.24) is 4.90 Å². The van der Waals surface area contributed by atoms with E-state index in [1.54, 1.807) is 0 Å². The fraction of sp³-hybridized carbons (Fsp3) is 0.200. The second-order valence-corrected chi connectivity index (χ2v) is 2.97. The van der Waals surface area contributed by atoms with Crippen molar-refractivity contribution >= 4 is 6.09 Å². The third kappa shape index (κ3) is 1.37. The topological polar surface area (TPSA) is 29.5 Å². The zero-order valence-electron chi connectivity index (χ0n) is 7.14. The maximum atomic E-state index is 11.0. The molecule has 13 heavy (non-hydrogen) atoms. The van der Waals surface area contributed by atoms with E-state index in [4.69, 9.17) is 4.74 Å². The molecule has 1 aromatic carbocycles. The summed E-state index contributed by atoms with van der Waals surface area (Å²) < 4.78 is 4.86. The zero-order chi connectivity index (χ0) is 9.26. The molecule has 1 aromatic rings. The van der Waals surface area contributed by atoms with Crippen molar-refractivity contribution in [3.63, 3.8) is 0 Å². The molecule has 0 spiro atoms. The van der Waals surface area contributed by atoms with Crippen molar-refractivity contribution in [1.29, 1.82) is 0 Å². The summed E-state index contributed by atoms with van der Waals surface area (Å²) in [6.07, 6.45) is -0.353. The predicted molar refractivity (Wildman–Crippen MR) is 47.7 cm³/mol. The van der Waals surface area contributed by atoms with E-state index in [-0.39, 0.29) is 12.1 Å². The summed E-state index contributed by atoms with van der Waals surface area (Å²) >= 11 is 0. The number of cyclic esters (lactones) is 1. The highest BCUT2D eigenvalue weighted by molar-refractivity contribution is 5.70. The summed E-state index contributed by atoms with van der Waals surface area (Å²) in [4.78, 5) is 12.4. The first-order valence-electron chi connectivity index (χ1n) is 4.10. The van der Waals surface area contributed by atoms with Crippen molar-refractivity contribution in [2.75, 3.05) is 6.61 Å². The number of hydrogen-bond acceptors (Lipinski definition) is 2. The Morgan fingerprint density at radius 1 is 1.38 bits per heavy atom. The summed E-state index contributed by atoms with van der Waals surface area (Å²) in [5, 5.41) is 0. The number of carbonyl (C=O) groups excluding carboxylic acids is 1. The van der Waals surface area contributed by atoms with Gasteiger partial charge in [-0.1, -0.05) is 30.3 Å². The average molecular weight is 176 g/mol. The van der Waals surface area contributed by atoms with Gasteiger partial charge < -0.3 is 4.74 Å². The molecule has 1 aliphatic heterocycles. The second kappa shape index (κ2) is 3.09. The largest absolute Gasteiger partial charge is 0.447 e. The Labute approximate surface area is 76.9 Å². The molecular weight excluding hydrogens is 166 g/mol. The first-order chi connectivity index (χ1) is 6.29. The molecule has 1 atom stereocenters. The molecular formula is C10H10NO2. The molecule has 67 valence electrons. The molecule has 1 heterocycles. The van der Waals surface area contributed by atoms with Crippen LogP contribution < -0.4 is 0 Å². The van der Waals surface area contributed by atoms with Crippen molar-refractivity contribution < 1.29 is 9.53 Å². The van der Waals surface area contributed by atoms with Crippen LogP contribution in [0.5, 0.6) is 0 Å². The van der Waals surface area contributed by atoms with Crippen molar-refractivity contribution in [3.8, 4) is 0 Å². The van der Waals surface area contributed by atoms with E-state index in [9.17, 15) is 4.79 Å². The fourth-order valence-electron chi connectivity index (χ4n) is 1.40. The van der Waals surface area contributed by atoms with Gasteiger partial charge in [-0.25, -0.2) is 4.79 Å². The van der Waals surface area contributed by atoms with Crippen LogP contribution in [0.2, 0.25) is 0 Å². The summed E-state index contributed by atoms with van der Waals surface area (Å²) in [6.45, 7) is 0.395. The molecule has 1 saturated heterocycles. The van der Waals surface area contributed by atoms with E-state index in [0.29, 0.717) is 6.61 Å². The molecule has 1 aliphatic rings. The van der Waals surface area contributed by atoms with E-state index in [1.807, 2.05) is 30.3 Å². The van der Waals surface area contributed by atoms with Crippen molar-refractivity contribution in [2.24, 2.45) is 0 Å². The molecule has 0 N–H and O–H groups in total. The van der Waals surface area contributed by atoms with Crippen LogP contribution in [0, 0.1) is 7.05 Å². The Balaban J connectivity index is 2.24. The molecule has 1 amide bonds. The number of nitrogens with zero attached hydrogens (tertiary/aromatic N) is 1. The summed E-state index contributed by atoms with van der Waals surface area (Å²) in [5.41, 5.74) is 1.06. The Morgan fingerprint density at radius 3 is 2.62 bits per heavy atom. The molecule has 3 heteroatoms. The quantitative estimate of drug-likeness (QED) is 0.654. The maximum Gasteiger partial charge on any atom is 0.410 e. The molecule has 1 radical (unpaired) electrons. The van der Waals surface area contributed by atoms with Gasteiger partial charge >= 0.3 is 6.09 Å². The van der Waals surface area contributed by atoms with Crippen LogP contribution in [-0.4, -0.2) is 17.6 Å². The van der Waals surface area contributed by atoms with Gasteiger partial charge in [0.05, 0.1) is 6.04 Å². The van der Waals surface area contributed by atoms with Crippen LogP contribution in [0.25, 0.3) is 0 Å². The van der Waals surface area contributed by atoms with Gasteiger partial charge in [0.1, 0.15) is 6.61 Å². The number of carbonyl (C=O) groups is 1. The lowest BCUT2D eigenvalue weighted by molar-refractivity contribution is 0.165. The molecule has 0 saturated carbocycles. The summed E-state index contributed by atoms with van der Waals surface area (Å²) in [7, 11) is 3.64. The first-order valence-corrected chi connectivity index (χ1v) is 4.10. The SMILES string of the molecule is [CH2]N1C(=O)OC[C@H]1c1ccccc1. The Kier molecular flexibility index (Phi) is 1.93. The van der Waals surface area contributed by atoms with E-state index in [0.717, 1.165) is 5.56 Å². The minimum atomic E-state index is -0.353. The normalized spacial score (nSPS) is 21.8. The highest BCUT2D eigenvalue weighted by Gasteiger charge is 2.30. The van der Waals surface area contributed by atoms with Gasteiger partial charge in [0.2, 0.25) is 0 Å². The molecule has 2 rings (SSSR count). The lowest BCUT2D eigenvalue weighted by Gasteiger charge is -2.15. The first kappa shape index (κ1) is 8.10. The Bertz CT molecular complexity index is 310. The smallest absolute Gasteiger partial charge is 0.410 e. The highest BCUT2D eigenvalue weighted by Crippen LogP contribution is 2.25. The number of ether oxygens (including phenoxy) is 1. The summed E-state index contributed by atoms with van der Waals surface area (Å²) in [6, 6.07) is 9.70. The van der Waals surface area contributed by atoms with Crippen LogP contribution in [-0.2, 0) is 4.74 Å². The van der Waals surface area contributed by atoms with Gasteiger partial charge in [0, 0.05) is 7.05 Å². The molecule has 0 aliphatic carbocycles. The van der Waals surface area contributed by atoms with E-state index in [2.05, 4.69) is 7.05 Å². The summed E-state index contributed by atoms with van der Waals surface area (Å²) in [5.74, 6) is 0. The molecule has 3 nitrogen and oxygen atoms in total. The van der Waals surface area contributed by atoms with Crippen LogP contribution in [0.15, 0.2) is 30.3 Å². The van der Waals surface area contributed by atoms with Crippen LogP contribution >= 0.6 is 0 Å². The monoisotopic (exact) mass is 176 g/mol. The highest BCUT2D eigenvalue weighted by atomic mass is 16.6. The maximum absolute atomic E-state index is 11.0. The fourth-order valence-corrected chi connectivity index (χ4v) is 1.40. The van der Waals surface area contributed by atoms with Gasteiger partial charge in [-0.3, -0.25) is 4.90 Å². The van der Waals surface area contributed by atoms with Gasteiger partial charge in [0.15, 0.2) is 0 Å². The zero-order valence-corrected chi connectivity index (χ0v) is 7.14. The van der Waals surface area contributed by atoms with E-state index < -0.39 is 0 Å². The standard InChI is InChI=1S/C10H10NO2/c1-11-9(7-13-10(11)12)8-5-3-2-4-6-8/h2-6,9H,1,7H2/t9-/m0/s1. The number of benzene rings is 1. The number of hydrogen-bond donors (Lipinski definition) is 0. The minimum Gasteiger partial charge on any atom is -0.447 e. The molecule has 0 bridgehead atoms. The van der Waals surface area contributed by atoms with Crippen LogP contribution in [0.4, 0.5) is 4.79 Å².